The smallest absolute Gasteiger partial charge is 0.230 e. The Morgan fingerprint density at radius 1 is 1.19 bits per heavy atom. The van der Waals surface area contributed by atoms with Crippen LogP contribution in [-0.4, -0.2) is 21.6 Å². The molecule has 3 rings (SSSR count). The zero-order valence-electron chi connectivity index (χ0n) is 14.3. The van der Waals surface area contributed by atoms with Crippen LogP contribution in [0.25, 0.3) is 10.9 Å². The van der Waals surface area contributed by atoms with Gasteiger partial charge in [0.05, 0.1) is 17.3 Å². The van der Waals surface area contributed by atoms with E-state index in [4.69, 9.17) is 23.2 Å². The molecular formula is C19H17Cl2N3OS. The lowest BCUT2D eigenvalue weighted by Gasteiger charge is -2.16. The largest absolute Gasteiger partial charge is 0.349 e. The van der Waals surface area contributed by atoms with Gasteiger partial charge in [-0.15, -0.1) is 0 Å². The Morgan fingerprint density at radius 3 is 2.73 bits per heavy atom. The number of rotatable bonds is 5. The highest BCUT2D eigenvalue weighted by Crippen LogP contribution is 2.27. The first kappa shape index (κ1) is 19.0. The van der Waals surface area contributed by atoms with Gasteiger partial charge in [-0.25, -0.2) is 9.97 Å². The molecule has 0 aliphatic carbocycles. The molecule has 134 valence electrons. The van der Waals surface area contributed by atoms with Gasteiger partial charge >= 0.3 is 0 Å². The van der Waals surface area contributed by atoms with Crippen LogP contribution in [-0.2, 0) is 4.79 Å². The number of amides is 1. The number of para-hydroxylation sites is 1. The third-order valence-electron chi connectivity index (χ3n) is 3.83. The van der Waals surface area contributed by atoms with Crippen LogP contribution in [0.15, 0.2) is 47.5 Å². The monoisotopic (exact) mass is 405 g/mol. The molecule has 0 aliphatic rings. The molecule has 0 saturated carbocycles. The first-order chi connectivity index (χ1) is 12.4. The normalized spacial score (nSPS) is 12.2. The van der Waals surface area contributed by atoms with Crippen LogP contribution < -0.4 is 5.32 Å². The second-order valence-corrected chi connectivity index (χ2v) is 7.64. The molecule has 1 atom stereocenters. The van der Waals surface area contributed by atoms with E-state index >= 15 is 0 Å². The van der Waals surface area contributed by atoms with Gasteiger partial charge in [-0.2, -0.15) is 0 Å². The topological polar surface area (TPSA) is 54.9 Å². The van der Waals surface area contributed by atoms with E-state index in [1.165, 1.54) is 11.8 Å². The second-order valence-electron chi connectivity index (χ2n) is 5.84. The lowest BCUT2D eigenvalue weighted by atomic mass is 10.1. The number of nitrogens with one attached hydrogen (secondary N) is 1. The zero-order valence-corrected chi connectivity index (χ0v) is 16.6. The lowest BCUT2D eigenvalue weighted by Crippen LogP contribution is -2.28. The molecule has 1 N–H and O–H groups in total. The number of nitrogens with zero attached hydrogens (tertiary/aromatic N) is 2. The van der Waals surface area contributed by atoms with Crippen LogP contribution in [0.4, 0.5) is 0 Å². The maximum Gasteiger partial charge on any atom is 0.230 e. The molecule has 7 heteroatoms. The molecule has 1 aromatic heterocycles. The first-order valence-electron chi connectivity index (χ1n) is 8.04. The number of thioether (sulfide) groups is 1. The molecule has 1 heterocycles. The Morgan fingerprint density at radius 2 is 1.96 bits per heavy atom. The molecule has 0 aliphatic heterocycles. The highest BCUT2D eigenvalue weighted by molar-refractivity contribution is 8.00. The molecule has 4 nitrogen and oxygen atoms in total. The summed E-state index contributed by atoms with van der Waals surface area (Å²) in [5.74, 6) is 0.859. The van der Waals surface area contributed by atoms with Crippen molar-refractivity contribution in [2.45, 2.75) is 24.9 Å². The van der Waals surface area contributed by atoms with E-state index in [-0.39, 0.29) is 17.7 Å². The van der Waals surface area contributed by atoms with Gasteiger partial charge in [0.2, 0.25) is 5.91 Å². The molecule has 0 spiro atoms. The van der Waals surface area contributed by atoms with Crippen LogP contribution >= 0.6 is 35.0 Å². The summed E-state index contributed by atoms with van der Waals surface area (Å²) in [6.07, 6.45) is 0. The van der Waals surface area contributed by atoms with Crippen molar-refractivity contribution >= 4 is 51.8 Å². The van der Waals surface area contributed by atoms with Crippen LogP contribution in [0, 0.1) is 6.92 Å². The predicted octanol–water partition coefficient (Wildman–Crippen LogP) is 5.21. The SMILES string of the molecule is Cc1nc(SCC(=O)NC(C)c2ccc(Cl)cc2Cl)c2ccccc2n1. The van der Waals surface area contributed by atoms with Crippen molar-refractivity contribution in [3.05, 3.63) is 63.9 Å². The number of benzene rings is 2. The number of fused-ring (bicyclic) bond motifs is 1. The van der Waals surface area contributed by atoms with Gasteiger partial charge in [0.1, 0.15) is 10.9 Å². The van der Waals surface area contributed by atoms with Crippen LogP contribution in [0.1, 0.15) is 24.4 Å². The van der Waals surface area contributed by atoms with Crippen molar-refractivity contribution in [1.29, 1.82) is 0 Å². The summed E-state index contributed by atoms with van der Waals surface area (Å²) in [5.41, 5.74) is 1.71. The maximum atomic E-state index is 12.4. The summed E-state index contributed by atoms with van der Waals surface area (Å²) in [6, 6.07) is 12.8. The maximum absolute atomic E-state index is 12.4. The Hall–Kier alpha value is -1.82. The lowest BCUT2D eigenvalue weighted by molar-refractivity contribution is -0.119. The fourth-order valence-electron chi connectivity index (χ4n) is 2.62. The summed E-state index contributed by atoms with van der Waals surface area (Å²) in [6.45, 7) is 3.74. The van der Waals surface area contributed by atoms with Gasteiger partial charge in [0, 0.05) is 15.4 Å². The average molecular weight is 406 g/mol. The average Bonchev–Trinajstić information content (AvgIpc) is 2.59. The fourth-order valence-corrected chi connectivity index (χ4v) is 4.06. The minimum absolute atomic E-state index is 0.0890. The molecule has 0 fully saturated rings. The molecule has 0 saturated heterocycles. The van der Waals surface area contributed by atoms with E-state index in [9.17, 15) is 4.79 Å². The quantitative estimate of drug-likeness (QED) is 0.467. The van der Waals surface area contributed by atoms with Crippen molar-refractivity contribution in [2.75, 3.05) is 5.75 Å². The Bertz CT molecular complexity index is 965. The number of hydrogen-bond donors (Lipinski definition) is 1. The highest BCUT2D eigenvalue weighted by Gasteiger charge is 2.14. The predicted molar refractivity (Wildman–Crippen MR) is 108 cm³/mol. The Balaban J connectivity index is 1.68. The van der Waals surface area contributed by atoms with Crippen molar-refractivity contribution in [3.63, 3.8) is 0 Å². The van der Waals surface area contributed by atoms with E-state index in [1.54, 1.807) is 12.1 Å². The minimum Gasteiger partial charge on any atom is -0.349 e. The van der Waals surface area contributed by atoms with E-state index in [1.807, 2.05) is 44.2 Å². The van der Waals surface area contributed by atoms with E-state index in [2.05, 4.69) is 15.3 Å². The van der Waals surface area contributed by atoms with Crippen LogP contribution in [0.2, 0.25) is 10.0 Å². The molecule has 1 amide bonds. The molecular weight excluding hydrogens is 389 g/mol. The van der Waals surface area contributed by atoms with Crippen molar-refractivity contribution in [3.8, 4) is 0 Å². The fraction of sp³-hybridized carbons (Fsp3) is 0.211. The number of hydrogen-bond acceptors (Lipinski definition) is 4. The summed E-state index contributed by atoms with van der Waals surface area (Å²) in [5, 5.41) is 5.82. The van der Waals surface area contributed by atoms with E-state index < -0.39 is 0 Å². The van der Waals surface area contributed by atoms with Gasteiger partial charge < -0.3 is 5.32 Å². The summed E-state index contributed by atoms with van der Waals surface area (Å²) in [7, 11) is 0. The number of aromatic nitrogens is 2. The molecule has 26 heavy (non-hydrogen) atoms. The Kier molecular flexibility index (Phi) is 6.01. The second kappa shape index (κ2) is 8.25. The van der Waals surface area contributed by atoms with Gasteiger partial charge in [-0.1, -0.05) is 59.2 Å². The third-order valence-corrected chi connectivity index (χ3v) is 5.38. The highest BCUT2D eigenvalue weighted by atomic mass is 35.5. The first-order valence-corrected chi connectivity index (χ1v) is 9.78. The zero-order chi connectivity index (χ0) is 18.7. The minimum atomic E-state index is -0.211. The number of aryl methyl sites for hydroxylation is 1. The van der Waals surface area contributed by atoms with Gasteiger partial charge in [0.25, 0.3) is 0 Å². The van der Waals surface area contributed by atoms with Crippen molar-refractivity contribution in [1.82, 2.24) is 15.3 Å². The molecule has 0 radical (unpaired) electrons. The molecule has 1 unspecified atom stereocenters. The van der Waals surface area contributed by atoms with Gasteiger partial charge in [-0.3, -0.25) is 4.79 Å². The van der Waals surface area contributed by atoms with Gasteiger partial charge in [-0.05, 0) is 37.6 Å². The molecule has 3 aromatic rings. The molecule has 0 bridgehead atoms. The number of carbonyl (C=O) groups is 1. The van der Waals surface area contributed by atoms with Crippen molar-refractivity contribution < 1.29 is 4.79 Å². The summed E-state index contributed by atoms with van der Waals surface area (Å²) >= 11 is 13.5. The third kappa shape index (κ3) is 4.47. The van der Waals surface area contributed by atoms with E-state index in [0.717, 1.165) is 21.5 Å². The summed E-state index contributed by atoms with van der Waals surface area (Å²) in [4.78, 5) is 21.2. The van der Waals surface area contributed by atoms with Crippen LogP contribution in [0.3, 0.4) is 0 Å². The molecule has 2 aromatic carbocycles. The van der Waals surface area contributed by atoms with Gasteiger partial charge in [0.15, 0.2) is 0 Å². The van der Waals surface area contributed by atoms with Crippen LogP contribution in [0.5, 0.6) is 0 Å². The Labute approximate surface area is 166 Å². The number of carbonyl (C=O) groups excluding carboxylic acids is 1. The standard InChI is InChI=1S/C19H17Cl2N3OS/c1-11(14-8-7-13(20)9-16(14)21)22-18(25)10-26-19-15-5-3-4-6-17(15)23-12(2)24-19/h3-9,11H,10H2,1-2H3,(H,22,25). The summed E-state index contributed by atoms with van der Waals surface area (Å²) < 4.78 is 0. The number of halogens is 2. The van der Waals surface area contributed by atoms with Crippen molar-refractivity contribution in [2.24, 2.45) is 0 Å². The van der Waals surface area contributed by atoms with E-state index in [0.29, 0.717) is 15.9 Å².